The number of alkyl halides is 1. The molecule has 62 valence electrons. The molecule has 0 aliphatic carbocycles. The maximum absolute atomic E-state index is 10.4. The van der Waals surface area contributed by atoms with Gasteiger partial charge in [-0.25, -0.2) is 0 Å². The lowest BCUT2D eigenvalue weighted by Crippen LogP contribution is -2.07. The number of hydrogen-bond donors (Lipinski definition) is 0. The van der Waals surface area contributed by atoms with Crippen molar-refractivity contribution in [2.75, 3.05) is 0 Å². The Morgan fingerprint density at radius 1 is 1.33 bits per heavy atom. The Hall–Kier alpha value is -1.22. The monoisotopic (exact) mass is 184 g/mol. The lowest BCUT2D eigenvalue weighted by atomic mass is 10.2. The third kappa shape index (κ3) is 1.12. The van der Waals surface area contributed by atoms with Gasteiger partial charge in [0.15, 0.2) is 11.5 Å². The fourth-order valence-electron chi connectivity index (χ4n) is 1.01. The van der Waals surface area contributed by atoms with Crippen molar-refractivity contribution in [3.05, 3.63) is 23.8 Å². The molecular formula is C8H5ClO3. The summed E-state index contributed by atoms with van der Waals surface area (Å²) in [6.45, 7) is 0. The lowest BCUT2D eigenvalue weighted by Gasteiger charge is -1.96. The molecule has 0 fully saturated rings. The maximum atomic E-state index is 10.4. The summed E-state index contributed by atoms with van der Waals surface area (Å²) in [4.78, 5) is 10.4. The number of carbonyl (C=O) groups is 1. The molecule has 2 rings (SSSR count). The third-order valence-electron chi connectivity index (χ3n) is 1.54. The standard InChI is InChI=1S/C8H5ClO3/c9-8-11-6-2-1-5(4-10)3-7(6)12-8/h1-4,8H. The molecule has 4 heteroatoms. The highest BCUT2D eigenvalue weighted by atomic mass is 35.5. The van der Waals surface area contributed by atoms with Crippen molar-refractivity contribution in [2.24, 2.45) is 0 Å². The van der Waals surface area contributed by atoms with E-state index in [2.05, 4.69) is 0 Å². The van der Waals surface area contributed by atoms with Crippen LogP contribution in [-0.2, 0) is 0 Å². The van der Waals surface area contributed by atoms with Crippen LogP contribution in [0.15, 0.2) is 18.2 Å². The summed E-state index contributed by atoms with van der Waals surface area (Å²) in [5, 5.41) is 0. The quantitative estimate of drug-likeness (QED) is 0.493. The van der Waals surface area contributed by atoms with Gasteiger partial charge in [-0.15, -0.1) is 0 Å². The Morgan fingerprint density at radius 2 is 2.08 bits per heavy atom. The van der Waals surface area contributed by atoms with Crippen molar-refractivity contribution in [3.63, 3.8) is 0 Å². The van der Waals surface area contributed by atoms with Crippen LogP contribution in [0.5, 0.6) is 11.5 Å². The van der Waals surface area contributed by atoms with Gasteiger partial charge < -0.3 is 9.47 Å². The number of carbonyl (C=O) groups excluding carboxylic acids is 1. The second-order valence-electron chi connectivity index (χ2n) is 2.33. The third-order valence-corrected chi connectivity index (χ3v) is 1.72. The first-order valence-electron chi connectivity index (χ1n) is 3.36. The van der Waals surface area contributed by atoms with E-state index < -0.39 is 5.75 Å². The molecule has 0 saturated heterocycles. The highest BCUT2D eigenvalue weighted by Crippen LogP contribution is 2.35. The van der Waals surface area contributed by atoms with Crippen LogP contribution >= 0.6 is 11.6 Å². The predicted molar refractivity (Wildman–Crippen MR) is 42.7 cm³/mol. The molecule has 1 unspecified atom stereocenters. The van der Waals surface area contributed by atoms with E-state index in [-0.39, 0.29) is 0 Å². The number of fused-ring (bicyclic) bond motifs is 1. The highest BCUT2D eigenvalue weighted by molar-refractivity contribution is 6.19. The summed E-state index contributed by atoms with van der Waals surface area (Å²) in [6, 6.07) is 4.89. The van der Waals surface area contributed by atoms with Gasteiger partial charge in [-0.1, -0.05) is 0 Å². The lowest BCUT2D eigenvalue weighted by molar-refractivity contribution is 0.112. The van der Waals surface area contributed by atoms with Gasteiger partial charge in [0, 0.05) is 5.56 Å². The van der Waals surface area contributed by atoms with Gasteiger partial charge >= 0.3 is 5.75 Å². The number of rotatable bonds is 1. The van der Waals surface area contributed by atoms with E-state index in [0.717, 1.165) is 6.29 Å². The van der Waals surface area contributed by atoms with E-state index >= 15 is 0 Å². The Balaban J connectivity index is 2.41. The number of hydrogen-bond acceptors (Lipinski definition) is 3. The van der Waals surface area contributed by atoms with Gasteiger partial charge in [0.1, 0.15) is 6.29 Å². The number of aldehydes is 1. The molecular weight excluding hydrogens is 180 g/mol. The van der Waals surface area contributed by atoms with Gasteiger partial charge in [0.05, 0.1) is 0 Å². The van der Waals surface area contributed by atoms with Crippen molar-refractivity contribution in [3.8, 4) is 11.5 Å². The summed E-state index contributed by atoms with van der Waals surface area (Å²) in [7, 11) is 0. The first kappa shape index (κ1) is 7.43. The van der Waals surface area contributed by atoms with Crippen LogP contribution in [0.4, 0.5) is 0 Å². The summed E-state index contributed by atoms with van der Waals surface area (Å²) < 4.78 is 10.1. The second kappa shape index (κ2) is 2.68. The fraction of sp³-hybridized carbons (Fsp3) is 0.125. The van der Waals surface area contributed by atoms with Crippen molar-refractivity contribution in [1.82, 2.24) is 0 Å². The SMILES string of the molecule is O=Cc1ccc2c(c1)OC(Cl)O2. The minimum atomic E-state index is -0.776. The smallest absolute Gasteiger partial charge is 0.322 e. The summed E-state index contributed by atoms with van der Waals surface area (Å²) >= 11 is 5.54. The van der Waals surface area contributed by atoms with Gasteiger partial charge in [-0.2, -0.15) is 0 Å². The van der Waals surface area contributed by atoms with E-state index in [1.807, 2.05) is 0 Å². The van der Waals surface area contributed by atoms with Crippen LogP contribution < -0.4 is 9.47 Å². The largest absolute Gasteiger partial charge is 0.438 e. The summed E-state index contributed by atoms with van der Waals surface area (Å²) in [5.74, 6) is 0.308. The molecule has 3 nitrogen and oxygen atoms in total. The predicted octanol–water partition coefficient (Wildman–Crippen LogP) is 1.79. The molecule has 0 spiro atoms. The average molecular weight is 185 g/mol. The van der Waals surface area contributed by atoms with Gasteiger partial charge in [-0.05, 0) is 29.8 Å². The van der Waals surface area contributed by atoms with Crippen LogP contribution in [0.2, 0.25) is 0 Å². The van der Waals surface area contributed by atoms with Gasteiger partial charge in [0.2, 0.25) is 0 Å². The highest BCUT2D eigenvalue weighted by Gasteiger charge is 2.21. The Bertz CT molecular complexity index is 324. The van der Waals surface area contributed by atoms with Crippen molar-refractivity contribution in [2.45, 2.75) is 5.75 Å². The zero-order valence-corrected chi connectivity index (χ0v) is 6.75. The topological polar surface area (TPSA) is 35.5 Å². The first-order valence-corrected chi connectivity index (χ1v) is 3.80. The minimum absolute atomic E-state index is 0.514. The van der Waals surface area contributed by atoms with E-state index in [1.165, 1.54) is 0 Å². The van der Waals surface area contributed by atoms with Crippen molar-refractivity contribution < 1.29 is 14.3 Å². The summed E-state index contributed by atoms with van der Waals surface area (Å²) in [5.41, 5.74) is 0.545. The molecule has 1 aromatic carbocycles. The summed E-state index contributed by atoms with van der Waals surface area (Å²) in [6.07, 6.45) is 0.741. The van der Waals surface area contributed by atoms with Gasteiger partial charge in [0.25, 0.3) is 0 Å². The van der Waals surface area contributed by atoms with Crippen LogP contribution in [0.25, 0.3) is 0 Å². The Morgan fingerprint density at radius 3 is 2.83 bits per heavy atom. The average Bonchev–Trinajstić information content (AvgIpc) is 2.43. The zero-order chi connectivity index (χ0) is 8.55. The zero-order valence-electron chi connectivity index (χ0n) is 5.99. The maximum Gasteiger partial charge on any atom is 0.322 e. The van der Waals surface area contributed by atoms with E-state index in [9.17, 15) is 4.79 Å². The van der Waals surface area contributed by atoms with Crippen LogP contribution in [0.1, 0.15) is 10.4 Å². The molecule has 0 bridgehead atoms. The van der Waals surface area contributed by atoms with E-state index in [0.29, 0.717) is 17.1 Å². The number of benzene rings is 1. The number of ether oxygens (including phenoxy) is 2. The molecule has 0 radical (unpaired) electrons. The molecule has 0 N–H and O–H groups in total. The molecule has 0 aromatic heterocycles. The fourth-order valence-corrected chi connectivity index (χ4v) is 1.20. The molecule has 12 heavy (non-hydrogen) atoms. The van der Waals surface area contributed by atoms with Crippen molar-refractivity contribution in [1.29, 1.82) is 0 Å². The Labute approximate surface area is 73.8 Å². The minimum Gasteiger partial charge on any atom is -0.438 e. The van der Waals surface area contributed by atoms with Crippen molar-refractivity contribution >= 4 is 17.9 Å². The van der Waals surface area contributed by atoms with Crippen LogP contribution in [-0.4, -0.2) is 12.0 Å². The van der Waals surface area contributed by atoms with E-state index in [4.69, 9.17) is 21.1 Å². The van der Waals surface area contributed by atoms with E-state index in [1.54, 1.807) is 18.2 Å². The molecule has 1 aliphatic heterocycles. The molecule has 1 aliphatic rings. The number of halogens is 1. The molecule has 0 amide bonds. The molecule has 0 saturated carbocycles. The first-order chi connectivity index (χ1) is 5.79. The molecule has 1 atom stereocenters. The molecule has 1 aromatic rings. The normalized spacial score (nSPS) is 19.2. The second-order valence-corrected chi connectivity index (χ2v) is 2.69. The van der Waals surface area contributed by atoms with Crippen LogP contribution in [0.3, 0.4) is 0 Å². The van der Waals surface area contributed by atoms with Gasteiger partial charge in [-0.3, -0.25) is 4.79 Å². The van der Waals surface area contributed by atoms with Crippen LogP contribution in [0, 0.1) is 0 Å². The molecule has 1 heterocycles. The Kier molecular flexibility index (Phi) is 1.66.